The molecule has 5 rings (SSSR count). The molecule has 0 unspecified atom stereocenters. The first-order valence-electron chi connectivity index (χ1n) is 13.1. The number of hydrogen-bond donors (Lipinski definition) is 1. The minimum atomic E-state index is -3.93. The number of nitrogens with zero attached hydrogens (tertiary/aromatic N) is 1. The molecule has 0 fully saturated rings. The molecule has 4 aromatic carbocycles. The fourth-order valence-corrected chi connectivity index (χ4v) is 6.27. The van der Waals surface area contributed by atoms with Crippen molar-refractivity contribution in [3.63, 3.8) is 0 Å². The molecule has 0 radical (unpaired) electrons. The summed E-state index contributed by atoms with van der Waals surface area (Å²) >= 11 is 1.35. The summed E-state index contributed by atoms with van der Waals surface area (Å²) in [6, 6.07) is 29.4. The zero-order valence-corrected chi connectivity index (χ0v) is 27.7. The van der Waals surface area contributed by atoms with Crippen LogP contribution in [0.4, 0.5) is 0 Å². The zero-order chi connectivity index (χ0) is 29.7. The van der Waals surface area contributed by atoms with E-state index >= 15 is 0 Å². The first kappa shape index (κ1) is 32.4. The molecular weight excluding hydrogens is 591 g/mol. The van der Waals surface area contributed by atoms with Crippen molar-refractivity contribution in [2.75, 3.05) is 7.11 Å². The number of methoxy groups -OCH3 is 1. The molecule has 0 aromatic heterocycles. The van der Waals surface area contributed by atoms with E-state index in [1.807, 2.05) is 73.7 Å². The topological polar surface area (TPSA) is 102 Å². The third-order valence-electron chi connectivity index (χ3n) is 6.62. The first-order chi connectivity index (χ1) is 20.2. The Morgan fingerprint density at radius 2 is 1.47 bits per heavy atom. The number of benzene rings is 4. The molecular formula is C33H29N2NaO5S2. The Kier molecular flexibility index (Phi) is 10.8. The van der Waals surface area contributed by atoms with Crippen LogP contribution in [0.5, 0.6) is 5.75 Å². The standard InChI is InChI=1S/C33H28N2O5S2.Na.H/c1-22-3-17-29(18-4-22)42(38,39)35-31(36)20-24-5-7-25(8-6-24)21-32-34-33(37)30(41-32)19-23-9-11-26(12-10-23)27-13-15-28(40-2)16-14-27;;/h3-19H,20-21H2,1-2H3,(H,35,36);;/q;+1;-1. The predicted molar refractivity (Wildman–Crippen MR) is 168 cm³/mol. The van der Waals surface area contributed by atoms with Crippen molar-refractivity contribution in [2.24, 2.45) is 4.99 Å². The number of amides is 2. The SMILES string of the molecule is COc1ccc(-c2ccc(C=C3SC(Cc4ccc(CC(=O)NS(=O)(=O)c5ccc(C)cc5)cc4)=NC3=O)cc2)cc1.[H-].[Na+]. The Labute approximate surface area is 279 Å². The molecule has 2 amide bonds. The summed E-state index contributed by atoms with van der Waals surface area (Å²) in [5, 5.41) is 0.691. The Balaban J connectivity index is 0.00000264. The van der Waals surface area contributed by atoms with E-state index in [1.54, 1.807) is 31.4 Å². The molecule has 0 spiro atoms. The van der Waals surface area contributed by atoms with E-state index < -0.39 is 15.9 Å². The van der Waals surface area contributed by atoms with Crippen LogP contribution in [0, 0.1) is 6.92 Å². The van der Waals surface area contributed by atoms with Crippen LogP contribution < -0.4 is 39.0 Å². The summed E-state index contributed by atoms with van der Waals surface area (Å²) in [4.78, 5) is 29.8. The smallest absolute Gasteiger partial charge is 1.00 e. The summed E-state index contributed by atoms with van der Waals surface area (Å²) in [6.45, 7) is 1.86. The van der Waals surface area contributed by atoms with Crippen LogP contribution in [0.25, 0.3) is 17.2 Å². The molecule has 0 bridgehead atoms. The van der Waals surface area contributed by atoms with E-state index in [9.17, 15) is 18.0 Å². The van der Waals surface area contributed by atoms with Gasteiger partial charge in [-0.3, -0.25) is 9.59 Å². The first-order valence-corrected chi connectivity index (χ1v) is 15.4. The number of rotatable bonds is 9. The second kappa shape index (κ2) is 14.3. The van der Waals surface area contributed by atoms with Gasteiger partial charge >= 0.3 is 29.6 Å². The van der Waals surface area contributed by atoms with Crippen LogP contribution >= 0.6 is 11.8 Å². The quantitative estimate of drug-likeness (QED) is 0.228. The van der Waals surface area contributed by atoms with Gasteiger partial charge in [0.15, 0.2) is 0 Å². The molecule has 0 atom stereocenters. The maximum absolute atomic E-state index is 12.6. The van der Waals surface area contributed by atoms with Gasteiger partial charge < -0.3 is 6.16 Å². The molecule has 7 nitrogen and oxygen atoms in total. The van der Waals surface area contributed by atoms with Gasteiger partial charge in [0.1, 0.15) is 5.75 Å². The fourth-order valence-electron chi connectivity index (χ4n) is 4.33. The maximum atomic E-state index is 12.6. The van der Waals surface area contributed by atoms with E-state index in [0.717, 1.165) is 33.6 Å². The summed E-state index contributed by atoms with van der Waals surface area (Å²) in [7, 11) is -2.29. The van der Waals surface area contributed by atoms with Gasteiger partial charge in [0.25, 0.3) is 15.9 Å². The van der Waals surface area contributed by atoms with Gasteiger partial charge in [-0.2, -0.15) is 0 Å². The third-order valence-corrected chi connectivity index (χ3v) is 8.99. The molecule has 10 heteroatoms. The van der Waals surface area contributed by atoms with Crippen LogP contribution in [0.2, 0.25) is 0 Å². The van der Waals surface area contributed by atoms with Crippen molar-refractivity contribution >= 4 is 44.7 Å². The number of thioether (sulfide) groups is 1. The van der Waals surface area contributed by atoms with Crippen LogP contribution in [-0.4, -0.2) is 32.4 Å². The van der Waals surface area contributed by atoms with Crippen LogP contribution in [0.3, 0.4) is 0 Å². The van der Waals surface area contributed by atoms with Crippen molar-refractivity contribution < 1.29 is 53.7 Å². The molecule has 0 saturated heterocycles. The number of carbonyl (C=O) groups is 2. The zero-order valence-electron chi connectivity index (χ0n) is 25.0. The molecule has 0 saturated carbocycles. The van der Waals surface area contributed by atoms with E-state index in [2.05, 4.69) is 9.71 Å². The van der Waals surface area contributed by atoms with Crippen molar-refractivity contribution in [3.05, 3.63) is 124 Å². The van der Waals surface area contributed by atoms with Gasteiger partial charge in [-0.05, 0) is 65.1 Å². The van der Waals surface area contributed by atoms with Gasteiger partial charge in [-0.1, -0.05) is 90.1 Å². The monoisotopic (exact) mass is 620 g/mol. The van der Waals surface area contributed by atoms with Crippen molar-refractivity contribution in [2.45, 2.75) is 24.7 Å². The fraction of sp³-hybridized carbons (Fsp3) is 0.121. The molecule has 43 heavy (non-hydrogen) atoms. The Bertz CT molecular complexity index is 1790. The van der Waals surface area contributed by atoms with Crippen molar-refractivity contribution in [3.8, 4) is 16.9 Å². The number of aliphatic imine (C=N–C) groups is 1. The minimum absolute atomic E-state index is 0. The number of nitrogens with one attached hydrogen (secondary N) is 1. The summed E-state index contributed by atoms with van der Waals surface area (Å²) < 4.78 is 32.3. The Morgan fingerprint density at radius 1 is 0.884 bits per heavy atom. The van der Waals surface area contributed by atoms with Crippen molar-refractivity contribution in [1.29, 1.82) is 0 Å². The van der Waals surface area contributed by atoms with Gasteiger partial charge in [0.05, 0.1) is 28.4 Å². The van der Waals surface area contributed by atoms with Crippen LogP contribution in [-0.2, 0) is 32.5 Å². The Hall–Kier alpha value is -3.47. The molecule has 0 aliphatic carbocycles. The molecule has 4 aromatic rings. The van der Waals surface area contributed by atoms with E-state index in [-0.39, 0.29) is 48.2 Å². The van der Waals surface area contributed by atoms with Crippen molar-refractivity contribution in [1.82, 2.24) is 4.72 Å². The molecule has 1 heterocycles. The average Bonchev–Trinajstić information content (AvgIpc) is 3.32. The number of aryl methyl sites for hydroxylation is 1. The predicted octanol–water partition coefficient (Wildman–Crippen LogP) is 3.09. The number of sulfonamides is 1. The molecule has 1 aliphatic rings. The second-order valence-corrected chi connectivity index (χ2v) is 12.6. The van der Waals surface area contributed by atoms with E-state index in [0.29, 0.717) is 21.9 Å². The summed E-state index contributed by atoms with van der Waals surface area (Å²) in [5.74, 6) is -0.0769. The molecule has 1 aliphatic heterocycles. The van der Waals surface area contributed by atoms with Crippen LogP contribution in [0.15, 0.2) is 112 Å². The maximum Gasteiger partial charge on any atom is 1.00 e. The number of hydrogen-bond acceptors (Lipinski definition) is 6. The van der Waals surface area contributed by atoms with Crippen LogP contribution in [0.1, 0.15) is 23.7 Å². The number of ether oxygens (including phenoxy) is 1. The molecule has 1 N–H and O–H groups in total. The third kappa shape index (κ3) is 8.55. The average molecular weight is 621 g/mol. The normalized spacial score (nSPS) is 13.8. The minimum Gasteiger partial charge on any atom is -1.00 e. The largest absolute Gasteiger partial charge is 1.00 e. The van der Waals surface area contributed by atoms with Gasteiger partial charge in [0.2, 0.25) is 5.91 Å². The molecule has 214 valence electrons. The Morgan fingerprint density at radius 3 is 2.07 bits per heavy atom. The van der Waals surface area contributed by atoms with Gasteiger partial charge in [0, 0.05) is 6.42 Å². The second-order valence-electron chi connectivity index (χ2n) is 9.78. The number of carbonyl (C=O) groups excluding carboxylic acids is 2. The van der Waals surface area contributed by atoms with Gasteiger partial charge in [-0.25, -0.2) is 18.1 Å². The van der Waals surface area contributed by atoms with E-state index in [1.165, 1.54) is 23.9 Å². The summed E-state index contributed by atoms with van der Waals surface area (Å²) in [6.07, 6.45) is 2.23. The van der Waals surface area contributed by atoms with E-state index in [4.69, 9.17) is 4.74 Å². The van der Waals surface area contributed by atoms with Gasteiger partial charge in [-0.15, -0.1) is 0 Å². The summed E-state index contributed by atoms with van der Waals surface area (Å²) in [5.41, 5.74) is 5.57.